The second kappa shape index (κ2) is 7.58. The van der Waals surface area contributed by atoms with E-state index in [1.165, 1.54) is 0 Å². The molecule has 0 saturated heterocycles. The molecule has 0 bridgehead atoms. The predicted octanol–water partition coefficient (Wildman–Crippen LogP) is 4.23. The molecule has 0 heterocycles. The normalized spacial score (nSPS) is 12.3. The highest BCUT2D eigenvalue weighted by molar-refractivity contribution is 9.10. The van der Waals surface area contributed by atoms with Gasteiger partial charge in [-0.2, -0.15) is 5.26 Å². The first-order valence-electron chi connectivity index (χ1n) is 6.83. The van der Waals surface area contributed by atoms with E-state index in [4.69, 9.17) is 0 Å². The number of rotatable bonds is 4. The van der Waals surface area contributed by atoms with Gasteiger partial charge in [-0.05, 0) is 36.3 Å². The molecule has 1 amide bonds. The first kappa shape index (κ1) is 16.0. The second-order valence-corrected chi connectivity index (χ2v) is 5.74. The van der Waals surface area contributed by atoms with Crippen molar-refractivity contribution in [2.45, 2.75) is 13.0 Å². The van der Waals surface area contributed by atoms with Crippen LogP contribution in [0.3, 0.4) is 0 Å². The average Bonchev–Trinajstić information content (AvgIpc) is 2.55. The zero-order chi connectivity index (χ0) is 15.9. The number of halogens is 1. The van der Waals surface area contributed by atoms with Gasteiger partial charge in [0.1, 0.15) is 11.6 Å². The molecule has 4 heteroatoms. The Bertz CT molecular complexity index is 715. The predicted molar refractivity (Wildman–Crippen MR) is 90.7 cm³/mol. The van der Waals surface area contributed by atoms with Crippen LogP contribution in [0, 0.1) is 11.3 Å². The smallest absolute Gasteiger partial charge is 0.262 e. The number of hydrogen-bond acceptors (Lipinski definition) is 2. The number of nitriles is 1. The van der Waals surface area contributed by atoms with Crippen molar-refractivity contribution in [1.82, 2.24) is 5.32 Å². The molecule has 3 nitrogen and oxygen atoms in total. The van der Waals surface area contributed by atoms with Crippen LogP contribution in [0.25, 0.3) is 6.08 Å². The molecule has 2 aromatic rings. The molecular formula is C18H15BrN2O. The van der Waals surface area contributed by atoms with E-state index in [1.54, 1.807) is 6.08 Å². The summed E-state index contributed by atoms with van der Waals surface area (Å²) >= 11 is 3.35. The summed E-state index contributed by atoms with van der Waals surface area (Å²) < 4.78 is 0.949. The Labute approximate surface area is 138 Å². The maximum atomic E-state index is 12.2. The van der Waals surface area contributed by atoms with Crippen molar-refractivity contribution in [2.24, 2.45) is 0 Å². The highest BCUT2D eigenvalue weighted by Crippen LogP contribution is 2.15. The minimum atomic E-state index is -0.373. The van der Waals surface area contributed by atoms with Gasteiger partial charge in [0, 0.05) is 4.47 Å². The van der Waals surface area contributed by atoms with Gasteiger partial charge in [-0.15, -0.1) is 0 Å². The molecule has 0 saturated carbocycles. The topological polar surface area (TPSA) is 52.9 Å². The zero-order valence-electron chi connectivity index (χ0n) is 12.1. The quantitative estimate of drug-likeness (QED) is 0.659. The number of amides is 1. The fourth-order valence-electron chi connectivity index (χ4n) is 1.97. The molecule has 2 aromatic carbocycles. The Morgan fingerprint density at radius 2 is 1.82 bits per heavy atom. The number of benzene rings is 2. The summed E-state index contributed by atoms with van der Waals surface area (Å²) in [4.78, 5) is 12.2. The van der Waals surface area contributed by atoms with Gasteiger partial charge in [0.25, 0.3) is 5.91 Å². The maximum absolute atomic E-state index is 12.2. The molecule has 0 aliphatic carbocycles. The number of carbonyl (C=O) groups is 1. The highest BCUT2D eigenvalue weighted by atomic mass is 79.9. The van der Waals surface area contributed by atoms with Crippen LogP contribution in [-0.4, -0.2) is 5.91 Å². The van der Waals surface area contributed by atoms with Crippen molar-refractivity contribution < 1.29 is 4.79 Å². The SMILES string of the molecule is C[C@H](NC(=O)/C(C#N)=C/c1ccc(Br)cc1)c1ccccc1. The largest absolute Gasteiger partial charge is 0.345 e. The molecule has 1 N–H and O–H groups in total. The molecule has 110 valence electrons. The Kier molecular flexibility index (Phi) is 5.51. The number of carbonyl (C=O) groups excluding carboxylic acids is 1. The molecule has 2 rings (SSSR count). The minimum absolute atomic E-state index is 0.0881. The molecule has 0 spiro atoms. The Morgan fingerprint density at radius 3 is 2.41 bits per heavy atom. The van der Waals surface area contributed by atoms with E-state index in [-0.39, 0.29) is 17.5 Å². The van der Waals surface area contributed by atoms with Crippen LogP contribution in [0.4, 0.5) is 0 Å². The molecule has 0 aliphatic rings. The number of nitrogens with one attached hydrogen (secondary N) is 1. The van der Waals surface area contributed by atoms with Gasteiger partial charge in [-0.3, -0.25) is 4.79 Å². The van der Waals surface area contributed by atoms with Gasteiger partial charge in [-0.1, -0.05) is 58.4 Å². The van der Waals surface area contributed by atoms with Crippen molar-refractivity contribution in [3.8, 4) is 6.07 Å². The van der Waals surface area contributed by atoms with Crippen LogP contribution in [0.15, 0.2) is 64.6 Å². The standard InChI is InChI=1S/C18H15BrN2O/c1-13(15-5-3-2-4-6-15)21-18(22)16(12-20)11-14-7-9-17(19)10-8-14/h2-11,13H,1H3,(H,21,22)/b16-11+/t13-/m0/s1. The monoisotopic (exact) mass is 354 g/mol. The van der Waals surface area contributed by atoms with Crippen LogP contribution in [0.1, 0.15) is 24.1 Å². The lowest BCUT2D eigenvalue weighted by Gasteiger charge is -2.13. The van der Waals surface area contributed by atoms with Crippen LogP contribution >= 0.6 is 15.9 Å². The van der Waals surface area contributed by atoms with Gasteiger partial charge in [-0.25, -0.2) is 0 Å². The molecule has 0 radical (unpaired) electrons. The van der Waals surface area contributed by atoms with Crippen molar-refractivity contribution in [3.63, 3.8) is 0 Å². The summed E-state index contributed by atoms with van der Waals surface area (Å²) in [7, 11) is 0. The van der Waals surface area contributed by atoms with Crippen LogP contribution < -0.4 is 5.32 Å². The molecule has 0 aromatic heterocycles. The van der Waals surface area contributed by atoms with E-state index in [0.29, 0.717) is 0 Å². The molecular weight excluding hydrogens is 340 g/mol. The van der Waals surface area contributed by atoms with Crippen molar-refractivity contribution >= 4 is 27.9 Å². The highest BCUT2D eigenvalue weighted by Gasteiger charge is 2.13. The Morgan fingerprint density at radius 1 is 1.18 bits per heavy atom. The van der Waals surface area contributed by atoms with Gasteiger partial charge in [0.15, 0.2) is 0 Å². The van der Waals surface area contributed by atoms with E-state index in [2.05, 4.69) is 21.2 Å². The third kappa shape index (κ3) is 4.31. The van der Waals surface area contributed by atoms with E-state index in [1.807, 2.05) is 67.6 Å². The van der Waals surface area contributed by atoms with E-state index in [9.17, 15) is 10.1 Å². The van der Waals surface area contributed by atoms with Gasteiger partial charge in [0.05, 0.1) is 6.04 Å². The maximum Gasteiger partial charge on any atom is 0.262 e. The Hall–Kier alpha value is -2.38. The molecule has 22 heavy (non-hydrogen) atoms. The average molecular weight is 355 g/mol. The number of nitrogens with zero attached hydrogens (tertiary/aromatic N) is 1. The summed E-state index contributed by atoms with van der Waals surface area (Å²) in [5.74, 6) is -0.373. The lowest BCUT2D eigenvalue weighted by molar-refractivity contribution is -0.117. The van der Waals surface area contributed by atoms with Gasteiger partial charge >= 0.3 is 0 Å². The lowest BCUT2D eigenvalue weighted by Crippen LogP contribution is -2.27. The summed E-state index contributed by atoms with van der Waals surface area (Å²) in [6.45, 7) is 1.89. The molecule has 0 aliphatic heterocycles. The molecule has 0 unspecified atom stereocenters. The van der Waals surface area contributed by atoms with Crippen LogP contribution in [0.2, 0.25) is 0 Å². The fourth-order valence-corrected chi connectivity index (χ4v) is 2.24. The van der Waals surface area contributed by atoms with Crippen LogP contribution in [-0.2, 0) is 4.79 Å². The Balaban J connectivity index is 2.12. The zero-order valence-corrected chi connectivity index (χ0v) is 13.7. The van der Waals surface area contributed by atoms with Crippen molar-refractivity contribution in [1.29, 1.82) is 5.26 Å². The minimum Gasteiger partial charge on any atom is -0.345 e. The summed E-state index contributed by atoms with van der Waals surface area (Å²) in [5.41, 5.74) is 1.89. The first-order valence-corrected chi connectivity index (χ1v) is 7.62. The van der Waals surface area contributed by atoms with Gasteiger partial charge in [0.2, 0.25) is 0 Å². The third-order valence-electron chi connectivity index (χ3n) is 3.19. The molecule has 0 fully saturated rings. The van der Waals surface area contributed by atoms with E-state index < -0.39 is 0 Å². The number of hydrogen-bond donors (Lipinski definition) is 1. The van der Waals surface area contributed by atoms with Crippen molar-refractivity contribution in [3.05, 3.63) is 75.8 Å². The first-order chi connectivity index (χ1) is 10.6. The third-order valence-corrected chi connectivity index (χ3v) is 3.72. The summed E-state index contributed by atoms with van der Waals surface area (Å²) in [6.07, 6.45) is 1.58. The summed E-state index contributed by atoms with van der Waals surface area (Å²) in [5, 5.41) is 12.0. The van der Waals surface area contributed by atoms with Crippen LogP contribution in [0.5, 0.6) is 0 Å². The summed E-state index contributed by atoms with van der Waals surface area (Å²) in [6, 6.07) is 18.9. The van der Waals surface area contributed by atoms with E-state index in [0.717, 1.165) is 15.6 Å². The molecule has 1 atom stereocenters. The van der Waals surface area contributed by atoms with Gasteiger partial charge < -0.3 is 5.32 Å². The van der Waals surface area contributed by atoms with Crippen molar-refractivity contribution in [2.75, 3.05) is 0 Å². The fraction of sp³-hybridized carbons (Fsp3) is 0.111. The second-order valence-electron chi connectivity index (χ2n) is 4.83. The lowest BCUT2D eigenvalue weighted by atomic mass is 10.1. The van der Waals surface area contributed by atoms with E-state index >= 15 is 0 Å².